The Hall–Kier alpha value is -6.79. The number of benzene rings is 7. The maximum atomic E-state index is 14.1. The molecule has 2 aromatic heterocycles. The number of aromatic nitrogens is 3. The fourth-order valence-corrected chi connectivity index (χ4v) is 8.30. The first kappa shape index (κ1) is 40.6. The third-order valence-electron chi connectivity index (χ3n) is 11.8. The summed E-state index contributed by atoms with van der Waals surface area (Å²) in [5.74, 6) is 0.505. The molecule has 0 aliphatic heterocycles. The zero-order valence-electron chi connectivity index (χ0n) is 36.1. The average molecular weight is 820 g/mol. The van der Waals surface area contributed by atoms with Crippen LogP contribution in [0.25, 0.3) is 83.6 Å². The van der Waals surface area contributed by atoms with Crippen molar-refractivity contribution in [2.24, 2.45) is 0 Å². The monoisotopic (exact) mass is 819 g/mol. The first-order valence-electron chi connectivity index (χ1n) is 21.1. The van der Waals surface area contributed by atoms with E-state index in [1.54, 1.807) is 12.1 Å². The number of halogens is 3. The van der Waals surface area contributed by atoms with Gasteiger partial charge < -0.3 is 4.57 Å². The van der Waals surface area contributed by atoms with Crippen LogP contribution in [0.3, 0.4) is 0 Å². The van der Waals surface area contributed by atoms with E-state index >= 15 is 0 Å². The average Bonchev–Trinajstić information content (AvgIpc) is 3.58. The smallest absolute Gasteiger partial charge is 0.308 e. The van der Waals surface area contributed by atoms with E-state index in [1.165, 1.54) is 23.3 Å². The number of fused-ring (bicyclic) bond motifs is 3. The van der Waals surface area contributed by atoms with E-state index in [0.29, 0.717) is 11.4 Å². The summed E-state index contributed by atoms with van der Waals surface area (Å²) in [6, 6.07) is 53.7. The molecule has 0 radical (unpaired) electrons. The highest BCUT2D eigenvalue weighted by molar-refractivity contribution is 6.11. The van der Waals surface area contributed by atoms with Crippen LogP contribution in [-0.4, -0.2) is 14.5 Å². The molecule has 0 N–H and O–H groups in total. The van der Waals surface area contributed by atoms with Crippen molar-refractivity contribution in [2.75, 3.05) is 0 Å². The lowest BCUT2D eigenvalue weighted by atomic mass is 9.85. The molecule has 0 aliphatic rings. The molecular formula is C56H48F3N3. The van der Waals surface area contributed by atoms with Crippen molar-refractivity contribution in [2.45, 2.75) is 65.5 Å². The lowest BCUT2D eigenvalue weighted by Crippen LogP contribution is -2.10. The normalized spacial score (nSPS) is 12.4. The van der Waals surface area contributed by atoms with Gasteiger partial charge in [0.25, 0.3) is 0 Å². The minimum absolute atomic E-state index is 0.1000. The number of hydrogen-bond acceptors (Lipinski definition) is 2. The molecule has 0 fully saturated rings. The molecule has 3 nitrogen and oxygen atoms in total. The predicted molar refractivity (Wildman–Crippen MR) is 251 cm³/mol. The van der Waals surface area contributed by atoms with Gasteiger partial charge in [-0.2, -0.15) is 13.2 Å². The molecule has 0 saturated carbocycles. The van der Waals surface area contributed by atoms with Crippen LogP contribution in [0.4, 0.5) is 13.2 Å². The summed E-state index contributed by atoms with van der Waals surface area (Å²) in [5, 5.41) is 2.23. The van der Waals surface area contributed by atoms with Crippen LogP contribution < -0.4 is 0 Å². The Morgan fingerprint density at radius 2 is 0.839 bits per heavy atom. The van der Waals surface area contributed by atoms with Gasteiger partial charge in [0.15, 0.2) is 5.82 Å². The summed E-state index contributed by atoms with van der Waals surface area (Å²) in [4.78, 5) is 10.4. The topological polar surface area (TPSA) is 30.7 Å². The summed E-state index contributed by atoms with van der Waals surface area (Å²) < 4.78 is 44.7. The first-order chi connectivity index (χ1) is 29.5. The molecule has 9 rings (SSSR count). The van der Waals surface area contributed by atoms with Crippen molar-refractivity contribution in [3.63, 3.8) is 0 Å². The first-order valence-corrected chi connectivity index (χ1v) is 21.1. The Morgan fingerprint density at radius 1 is 0.419 bits per heavy atom. The highest BCUT2D eigenvalue weighted by atomic mass is 19.4. The summed E-state index contributed by atoms with van der Waals surface area (Å²) >= 11 is 0. The molecule has 9 aromatic rings. The van der Waals surface area contributed by atoms with E-state index in [9.17, 15) is 13.2 Å². The van der Waals surface area contributed by atoms with Gasteiger partial charge in [-0.25, -0.2) is 9.97 Å². The van der Waals surface area contributed by atoms with Crippen LogP contribution >= 0.6 is 0 Å². The standard InChI is InChI=1S/C56H48F3N3/c1-35-18-20-36(21-19-35)44-30-40(53-60-48(38-14-10-8-11-15-38)34-49(61-53)39-16-12-9-13-17-39)31-45(37-22-24-41(25-23-37)56(57,58)59)52(44)62-50-28-26-42(54(2,3)4)32-46(50)47-33-43(55(5,6)7)27-29-51(47)62/h8-34H,1-7H3. The number of nitrogens with zero attached hydrogens (tertiary/aromatic N) is 3. The molecule has 0 spiro atoms. The van der Waals surface area contributed by atoms with Crippen LogP contribution in [0.5, 0.6) is 0 Å². The molecule has 0 unspecified atom stereocenters. The zero-order chi connectivity index (χ0) is 43.6. The van der Waals surface area contributed by atoms with Gasteiger partial charge in [0.05, 0.1) is 33.7 Å². The molecule has 6 heteroatoms. The molecule has 7 aromatic carbocycles. The van der Waals surface area contributed by atoms with Crippen LogP contribution in [0.2, 0.25) is 0 Å². The second kappa shape index (κ2) is 15.3. The van der Waals surface area contributed by atoms with E-state index in [1.807, 2.05) is 66.7 Å². The van der Waals surface area contributed by atoms with E-state index in [0.717, 1.165) is 77.8 Å². The van der Waals surface area contributed by atoms with Gasteiger partial charge in [-0.15, -0.1) is 0 Å². The molecule has 0 amide bonds. The van der Waals surface area contributed by atoms with Crippen molar-refractivity contribution in [1.29, 1.82) is 0 Å². The molecule has 62 heavy (non-hydrogen) atoms. The minimum Gasteiger partial charge on any atom is -0.308 e. The largest absolute Gasteiger partial charge is 0.416 e. The summed E-state index contributed by atoms with van der Waals surface area (Å²) in [6.45, 7) is 15.4. The SMILES string of the molecule is Cc1ccc(-c2cc(-c3nc(-c4ccccc4)cc(-c4ccccc4)n3)cc(-c3ccc(C(F)(F)F)cc3)c2-n2c3ccc(C(C)(C)C)cc3c3cc(C(C)(C)C)ccc32)cc1. The molecular weight excluding hydrogens is 772 g/mol. The molecule has 0 saturated heterocycles. The van der Waals surface area contributed by atoms with E-state index in [2.05, 4.69) is 126 Å². The number of alkyl halides is 3. The Bertz CT molecular complexity index is 2960. The predicted octanol–water partition coefficient (Wildman–Crippen LogP) is 15.8. The Kier molecular flexibility index (Phi) is 10.0. The van der Waals surface area contributed by atoms with Gasteiger partial charge in [0, 0.05) is 38.6 Å². The summed E-state index contributed by atoms with van der Waals surface area (Å²) in [7, 11) is 0. The van der Waals surface area contributed by atoms with Gasteiger partial charge in [-0.1, -0.05) is 156 Å². The Balaban J connectivity index is 1.43. The van der Waals surface area contributed by atoms with Crippen molar-refractivity contribution in [1.82, 2.24) is 14.5 Å². The third-order valence-corrected chi connectivity index (χ3v) is 11.8. The van der Waals surface area contributed by atoms with Gasteiger partial charge in [-0.05, 0) is 94.6 Å². The van der Waals surface area contributed by atoms with Crippen molar-refractivity contribution in [3.05, 3.63) is 186 Å². The Labute approximate surface area is 361 Å². The molecule has 308 valence electrons. The van der Waals surface area contributed by atoms with Crippen LogP contribution in [-0.2, 0) is 17.0 Å². The van der Waals surface area contributed by atoms with Crippen LogP contribution in [0, 0.1) is 6.92 Å². The fraction of sp³-hybridized carbons (Fsp3) is 0.179. The number of rotatable bonds is 6. The zero-order valence-corrected chi connectivity index (χ0v) is 36.1. The van der Waals surface area contributed by atoms with Crippen LogP contribution in [0.15, 0.2) is 164 Å². The highest BCUT2D eigenvalue weighted by Crippen LogP contribution is 2.46. The van der Waals surface area contributed by atoms with Gasteiger partial charge >= 0.3 is 6.18 Å². The third kappa shape index (κ3) is 7.70. The lowest BCUT2D eigenvalue weighted by molar-refractivity contribution is -0.137. The van der Waals surface area contributed by atoms with Gasteiger partial charge in [0.2, 0.25) is 0 Å². The van der Waals surface area contributed by atoms with E-state index in [4.69, 9.17) is 9.97 Å². The Morgan fingerprint density at radius 3 is 1.26 bits per heavy atom. The van der Waals surface area contributed by atoms with E-state index < -0.39 is 11.7 Å². The fourth-order valence-electron chi connectivity index (χ4n) is 8.30. The summed E-state index contributed by atoms with van der Waals surface area (Å²) in [6.07, 6.45) is -4.49. The number of aryl methyl sites for hydroxylation is 1. The van der Waals surface area contributed by atoms with Gasteiger partial charge in [0.1, 0.15) is 0 Å². The molecule has 0 atom stereocenters. The number of hydrogen-bond donors (Lipinski definition) is 0. The second-order valence-corrected chi connectivity index (χ2v) is 18.4. The quantitative estimate of drug-likeness (QED) is 0.167. The highest BCUT2D eigenvalue weighted by Gasteiger charge is 2.31. The van der Waals surface area contributed by atoms with Crippen molar-refractivity contribution < 1.29 is 13.2 Å². The molecule has 2 heterocycles. The van der Waals surface area contributed by atoms with Crippen molar-refractivity contribution >= 4 is 21.8 Å². The molecule has 0 bridgehead atoms. The maximum absolute atomic E-state index is 14.1. The van der Waals surface area contributed by atoms with Gasteiger partial charge in [-0.3, -0.25) is 0 Å². The molecule has 0 aliphatic carbocycles. The summed E-state index contributed by atoms with van der Waals surface area (Å²) in [5.41, 5.74) is 12.9. The lowest BCUT2D eigenvalue weighted by Gasteiger charge is -2.22. The van der Waals surface area contributed by atoms with Crippen LogP contribution in [0.1, 0.15) is 63.8 Å². The maximum Gasteiger partial charge on any atom is 0.416 e. The van der Waals surface area contributed by atoms with E-state index in [-0.39, 0.29) is 10.8 Å². The van der Waals surface area contributed by atoms with Crippen molar-refractivity contribution in [3.8, 4) is 61.8 Å². The second-order valence-electron chi connectivity index (χ2n) is 18.4. The minimum atomic E-state index is -4.49.